The van der Waals surface area contributed by atoms with Crippen LogP contribution in [0.5, 0.6) is 0 Å². The van der Waals surface area contributed by atoms with Crippen LogP contribution < -0.4 is 5.32 Å². The predicted molar refractivity (Wildman–Crippen MR) is 76.6 cm³/mol. The number of H-pyrrole nitrogens is 1. The van der Waals surface area contributed by atoms with Crippen LogP contribution in [0.1, 0.15) is 11.3 Å². The predicted octanol–water partition coefficient (Wildman–Crippen LogP) is 3.52. The van der Waals surface area contributed by atoms with Gasteiger partial charge in [-0.25, -0.2) is 0 Å². The van der Waals surface area contributed by atoms with Gasteiger partial charge < -0.3 is 15.0 Å². The van der Waals surface area contributed by atoms with Crippen molar-refractivity contribution < 1.29 is 4.74 Å². The summed E-state index contributed by atoms with van der Waals surface area (Å²) in [5, 5.41) is 5.72. The van der Waals surface area contributed by atoms with E-state index in [2.05, 4.69) is 10.3 Å². The van der Waals surface area contributed by atoms with Crippen LogP contribution in [-0.2, 0) is 11.3 Å². The summed E-state index contributed by atoms with van der Waals surface area (Å²) in [7, 11) is 1.69. The summed E-state index contributed by atoms with van der Waals surface area (Å²) in [5.41, 5.74) is 3.26. The van der Waals surface area contributed by atoms with E-state index in [4.69, 9.17) is 27.9 Å². The molecule has 5 heteroatoms. The minimum atomic E-state index is 0.656. The molecule has 0 unspecified atom stereocenters. The first kappa shape index (κ1) is 13.7. The molecular weight excluding hydrogens is 271 g/mol. The number of aryl methyl sites for hydroxylation is 1. The molecule has 0 saturated carbocycles. The second-order valence-electron chi connectivity index (χ2n) is 4.21. The van der Waals surface area contributed by atoms with Crippen LogP contribution in [0.3, 0.4) is 0 Å². The van der Waals surface area contributed by atoms with Gasteiger partial charge >= 0.3 is 0 Å². The van der Waals surface area contributed by atoms with E-state index < -0.39 is 0 Å². The van der Waals surface area contributed by atoms with Crippen LogP contribution in [0.4, 0.5) is 0 Å². The molecule has 0 atom stereocenters. The summed E-state index contributed by atoms with van der Waals surface area (Å²) in [6.45, 7) is 4.32. The van der Waals surface area contributed by atoms with Crippen LogP contribution >= 0.6 is 23.2 Å². The van der Waals surface area contributed by atoms with Crippen molar-refractivity contribution in [3.63, 3.8) is 0 Å². The van der Waals surface area contributed by atoms with Crippen molar-refractivity contribution in [1.82, 2.24) is 10.3 Å². The summed E-state index contributed by atoms with van der Waals surface area (Å²) in [6.07, 6.45) is 0. The Morgan fingerprint density at radius 3 is 2.83 bits per heavy atom. The molecule has 2 rings (SSSR count). The largest absolute Gasteiger partial charge is 0.383 e. The molecule has 0 amide bonds. The molecule has 3 nitrogen and oxygen atoms in total. The zero-order chi connectivity index (χ0) is 13.1. The maximum Gasteiger partial charge on any atom is 0.0662 e. The number of aromatic amines is 1. The SMILES string of the molecule is COCCNCc1c(C)[nH]c2c(Cl)cc(Cl)cc12. The van der Waals surface area contributed by atoms with Crippen LogP contribution in [0.25, 0.3) is 10.9 Å². The van der Waals surface area contributed by atoms with Gasteiger partial charge in [0.1, 0.15) is 0 Å². The molecule has 0 aliphatic carbocycles. The number of methoxy groups -OCH3 is 1. The number of ether oxygens (including phenoxy) is 1. The van der Waals surface area contributed by atoms with Crippen molar-refractivity contribution >= 4 is 34.1 Å². The molecule has 18 heavy (non-hydrogen) atoms. The van der Waals surface area contributed by atoms with Crippen LogP contribution in [0.2, 0.25) is 10.0 Å². The summed E-state index contributed by atoms with van der Waals surface area (Å²) < 4.78 is 5.00. The summed E-state index contributed by atoms with van der Waals surface area (Å²) in [6, 6.07) is 3.70. The lowest BCUT2D eigenvalue weighted by Gasteiger charge is -2.05. The van der Waals surface area contributed by atoms with Gasteiger partial charge in [-0.2, -0.15) is 0 Å². The van der Waals surface area contributed by atoms with E-state index in [-0.39, 0.29) is 0 Å². The molecule has 1 aromatic carbocycles. The van der Waals surface area contributed by atoms with Gasteiger partial charge in [-0.05, 0) is 24.6 Å². The molecule has 98 valence electrons. The number of halogens is 2. The monoisotopic (exact) mass is 286 g/mol. The lowest BCUT2D eigenvalue weighted by molar-refractivity contribution is 0.199. The number of hydrogen-bond donors (Lipinski definition) is 2. The Morgan fingerprint density at radius 2 is 2.11 bits per heavy atom. The van der Waals surface area contributed by atoms with E-state index in [1.54, 1.807) is 13.2 Å². The molecular formula is C13H16Cl2N2O. The van der Waals surface area contributed by atoms with Crippen molar-refractivity contribution in [3.8, 4) is 0 Å². The van der Waals surface area contributed by atoms with Gasteiger partial charge in [-0.3, -0.25) is 0 Å². The molecule has 2 aromatic rings. The van der Waals surface area contributed by atoms with E-state index in [1.807, 2.05) is 13.0 Å². The number of fused-ring (bicyclic) bond motifs is 1. The van der Waals surface area contributed by atoms with Crippen molar-refractivity contribution in [2.75, 3.05) is 20.3 Å². The first-order valence-electron chi connectivity index (χ1n) is 5.79. The topological polar surface area (TPSA) is 37.0 Å². The molecule has 0 aliphatic rings. The third kappa shape index (κ3) is 2.81. The van der Waals surface area contributed by atoms with Gasteiger partial charge in [0.25, 0.3) is 0 Å². The zero-order valence-corrected chi connectivity index (χ0v) is 12.0. The molecule has 1 aromatic heterocycles. The van der Waals surface area contributed by atoms with Gasteiger partial charge in [0.05, 0.1) is 17.1 Å². The van der Waals surface area contributed by atoms with Crippen molar-refractivity contribution in [3.05, 3.63) is 33.4 Å². The average molecular weight is 287 g/mol. The van der Waals surface area contributed by atoms with Gasteiger partial charge in [-0.1, -0.05) is 23.2 Å². The fraction of sp³-hybridized carbons (Fsp3) is 0.385. The number of hydrogen-bond acceptors (Lipinski definition) is 2. The minimum absolute atomic E-state index is 0.656. The normalized spacial score (nSPS) is 11.3. The van der Waals surface area contributed by atoms with Crippen LogP contribution in [0.15, 0.2) is 12.1 Å². The molecule has 0 radical (unpaired) electrons. The van der Waals surface area contributed by atoms with E-state index in [1.165, 1.54) is 5.56 Å². The Bertz CT molecular complexity index is 551. The zero-order valence-electron chi connectivity index (χ0n) is 10.4. The smallest absolute Gasteiger partial charge is 0.0662 e. The van der Waals surface area contributed by atoms with Crippen molar-refractivity contribution in [2.24, 2.45) is 0 Å². The van der Waals surface area contributed by atoms with E-state index in [0.717, 1.165) is 29.7 Å². The highest BCUT2D eigenvalue weighted by atomic mass is 35.5. The molecule has 1 heterocycles. The lowest BCUT2D eigenvalue weighted by atomic mass is 10.1. The van der Waals surface area contributed by atoms with Gasteiger partial charge in [-0.15, -0.1) is 0 Å². The second-order valence-corrected chi connectivity index (χ2v) is 5.05. The van der Waals surface area contributed by atoms with Gasteiger partial charge in [0.15, 0.2) is 0 Å². The Balaban J connectivity index is 2.29. The second kappa shape index (κ2) is 5.93. The van der Waals surface area contributed by atoms with Crippen LogP contribution in [-0.4, -0.2) is 25.2 Å². The van der Waals surface area contributed by atoms with Crippen molar-refractivity contribution in [2.45, 2.75) is 13.5 Å². The average Bonchev–Trinajstić information content (AvgIpc) is 2.62. The van der Waals surface area contributed by atoms with E-state index in [9.17, 15) is 0 Å². The first-order chi connectivity index (χ1) is 8.63. The maximum atomic E-state index is 6.18. The summed E-state index contributed by atoms with van der Waals surface area (Å²) in [5.74, 6) is 0. The molecule has 2 N–H and O–H groups in total. The first-order valence-corrected chi connectivity index (χ1v) is 6.55. The Hall–Kier alpha value is -0.740. The minimum Gasteiger partial charge on any atom is -0.383 e. The van der Waals surface area contributed by atoms with Crippen molar-refractivity contribution in [1.29, 1.82) is 0 Å². The third-order valence-corrected chi connectivity index (χ3v) is 3.45. The Kier molecular flexibility index (Phi) is 4.51. The molecule has 0 aliphatic heterocycles. The van der Waals surface area contributed by atoms with Gasteiger partial charge in [0.2, 0.25) is 0 Å². The van der Waals surface area contributed by atoms with Gasteiger partial charge in [0, 0.05) is 36.3 Å². The van der Waals surface area contributed by atoms with E-state index in [0.29, 0.717) is 16.7 Å². The lowest BCUT2D eigenvalue weighted by Crippen LogP contribution is -2.18. The number of benzene rings is 1. The van der Waals surface area contributed by atoms with Crippen LogP contribution in [0, 0.1) is 6.92 Å². The number of aromatic nitrogens is 1. The highest BCUT2D eigenvalue weighted by Gasteiger charge is 2.11. The summed E-state index contributed by atoms with van der Waals surface area (Å²) >= 11 is 12.2. The third-order valence-electron chi connectivity index (χ3n) is 2.93. The summed E-state index contributed by atoms with van der Waals surface area (Å²) in [4.78, 5) is 3.30. The highest BCUT2D eigenvalue weighted by molar-refractivity contribution is 6.38. The fourth-order valence-corrected chi connectivity index (χ4v) is 2.56. The quantitative estimate of drug-likeness (QED) is 0.826. The fourth-order valence-electron chi connectivity index (χ4n) is 2.02. The van der Waals surface area contributed by atoms with E-state index >= 15 is 0 Å². The Morgan fingerprint density at radius 1 is 1.33 bits per heavy atom. The molecule has 0 bridgehead atoms. The molecule has 0 saturated heterocycles. The highest BCUT2D eigenvalue weighted by Crippen LogP contribution is 2.31. The number of nitrogens with one attached hydrogen (secondary N) is 2. The maximum absolute atomic E-state index is 6.18. The molecule has 0 spiro atoms. The Labute approximate surface area is 116 Å². The molecule has 0 fully saturated rings. The number of rotatable bonds is 5. The standard InChI is InChI=1S/C13H16Cl2N2O/c1-8-11(7-16-3-4-18-2)10-5-9(14)6-12(15)13(10)17-8/h5-6,16-17H,3-4,7H2,1-2H3.